The Balaban J connectivity index is 2.31. The standard InChI is InChI=1S/C13H13N3OS/c1-18-10-5-2-4-9(8-10)16-13-11(12(14)17)6-3-7-15-13/h2-8H,1H3,(H2,14,17)(H,15,16). The molecule has 1 heterocycles. The Morgan fingerprint density at radius 1 is 1.33 bits per heavy atom. The van der Waals surface area contributed by atoms with E-state index >= 15 is 0 Å². The Kier molecular flexibility index (Phi) is 3.84. The first kappa shape index (κ1) is 12.4. The van der Waals surface area contributed by atoms with E-state index in [1.165, 1.54) is 0 Å². The number of thioether (sulfide) groups is 1. The quantitative estimate of drug-likeness (QED) is 0.828. The SMILES string of the molecule is CSc1cccc(Nc2ncccc2C(N)=O)c1. The second kappa shape index (κ2) is 5.55. The van der Waals surface area contributed by atoms with E-state index in [-0.39, 0.29) is 0 Å². The first-order valence-corrected chi connectivity index (χ1v) is 6.59. The minimum atomic E-state index is -0.494. The Hall–Kier alpha value is -2.01. The van der Waals surface area contributed by atoms with E-state index in [2.05, 4.69) is 10.3 Å². The van der Waals surface area contributed by atoms with Crippen LogP contribution in [0.15, 0.2) is 47.5 Å². The second-order valence-corrected chi connectivity index (χ2v) is 4.50. The smallest absolute Gasteiger partial charge is 0.252 e. The number of nitrogens with one attached hydrogen (secondary N) is 1. The molecule has 0 aliphatic carbocycles. The molecular weight excluding hydrogens is 246 g/mol. The molecule has 18 heavy (non-hydrogen) atoms. The molecule has 0 aliphatic rings. The van der Waals surface area contributed by atoms with Crippen LogP contribution in [0.1, 0.15) is 10.4 Å². The summed E-state index contributed by atoms with van der Waals surface area (Å²) in [6, 6.07) is 11.2. The molecule has 0 atom stereocenters. The summed E-state index contributed by atoms with van der Waals surface area (Å²) in [6.45, 7) is 0. The van der Waals surface area contributed by atoms with Crippen molar-refractivity contribution in [2.24, 2.45) is 5.73 Å². The van der Waals surface area contributed by atoms with Gasteiger partial charge in [0.15, 0.2) is 0 Å². The highest BCUT2D eigenvalue weighted by molar-refractivity contribution is 7.98. The van der Waals surface area contributed by atoms with Gasteiger partial charge in [0.05, 0.1) is 5.56 Å². The number of aromatic nitrogens is 1. The number of benzene rings is 1. The monoisotopic (exact) mass is 259 g/mol. The summed E-state index contributed by atoms with van der Waals surface area (Å²) in [5, 5.41) is 3.10. The summed E-state index contributed by atoms with van der Waals surface area (Å²) in [4.78, 5) is 16.5. The molecule has 0 bridgehead atoms. The van der Waals surface area contributed by atoms with Gasteiger partial charge in [0.25, 0.3) is 5.91 Å². The average molecular weight is 259 g/mol. The maximum absolute atomic E-state index is 11.3. The number of pyridine rings is 1. The zero-order chi connectivity index (χ0) is 13.0. The van der Waals surface area contributed by atoms with Crippen LogP contribution < -0.4 is 11.1 Å². The van der Waals surface area contributed by atoms with Gasteiger partial charge in [-0.25, -0.2) is 4.98 Å². The van der Waals surface area contributed by atoms with Gasteiger partial charge < -0.3 is 11.1 Å². The van der Waals surface area contributed by atoms with E-state index in [9.17, 15) is 4.79 Å². The highest BCUT2D eigenvalue weighted by Gasteiger charge is 2.08. The van der Waals surface area contributed by atoms with Crippen LogP contribution in [0.5, 0.6) is 0 Å². The van der Waals surface area contributed by atoms with E-state index in [1.54, 1.807) is 30.1 Å². The number of anilines is 2. The van der Waals surface area contributed by atoms with Crippen molar-refractivity contribution < 1.29 is 4.79 Å². The fourth-order valence-electron chi connectivity index (χ4n) is 1.54. The molecule has 0 radical (unpaired) electrons. The van der Waals surface area contributed by atoms with Gasteiger partial charge in [0, 0.05) is 16.8 Å². The van der Waals surface area contributed by atoms with Gasteiger partial charge in [0.1, 0.15) is 5.82 Å². The van der Waals surface area contributed by atoms with Gasteiger partial charge in [0.2, 0.25) is 0 Å². The van der Waals surface area contributed by atoms with Crippen molar-refractivity contribution in [2.75, 3.05) is 11.6 Å². The number of carbonyl (C=O) groups is 1. The van der Waals surface area contributed by atoms with Gasteiger partial charge in [-0.2, -0.15) is 0 Å². The van der Waals surface area contributed by atoms with Crippen molar-refractivity contribution in [1.82, 2.24) is 4.98 Å². The zero-order valence-corrected chi connectivity index (χ0v) is 10.7. The number of carbonyl (C=O) groups excluding carboxylic acids is 1. The molecule has 0 fully saturated rings. The summed E-state index contributed by atoms with van der Waals surface area (Å²) >= 11 is 1.65. The Morgan fingerprint density at radius 3 is 2.89 bits per heavy atom. The predicted octanol–water partition coefficient (Wildman–Crippen LogP) is 2.65. The fourth-order valence-corrected chi connectivity index (χ4v) is 2.00. The number of hydrogen-bond donors (Lipinski definition) is 2. The first-order chi connectivity index (χ1) is 8.70. The van der Waals surface area contributed by atoms with Crippen molar-refractivity contribution in [3.05, 3.63) is 48.2 Å². The molecule has 0 aliphatic heterocycles. The molecule has 92 valence electrons. The number of primary amides is 1. The van der Waals surface area contributed by atoms with E-state index in [0.29, 0.717) is 11.4 Å². The highest BCUT2D eigenvalue weighted by atomic mass is 32.2. The number of amides is 1. The van der Waals surface area contributed by atoms with Gasteiger partial charge in [-0.1, -0.05) is 6.07 Å². The second-order valence-electron chi connectivity index (χ2n) is 3.62. The third-order valence-electron chi connectivity index (χ3n) is 2.41. The summed E-state index contributed by atoms with van der Waals surface area (Å²) in [7, 11) is 0. The van der Waals surface area contributed by atoms with Gasteiger partial charge in [-0.15, -0.1) is 11.8 Å². The van der Waals surface area contributed by atoms with Crippen LogP contribution in [0.3, 0.4) is 0 Å². The average Bonchev–Trinajstić information content (AvgIpc) is 2.39. The summed E-state index contributed by atoms with van der Waals surface area (Å²) < 4.78 is 0. The third kappa shape index (κ3) is 2.81. The van der Waals surface area contributed by atoms with Crippen molar-refractivity contribution in [3.8, 4) is 0 Å². The van der Waals surface area contributed by atoms with E-state index < -0.39 is 5.91 Å². The fraction of sp³-hybridized carbons (Fsp3) is 0.0769. The molecule has 4 nitrogen and oxygen atoms in total. The van der Waals surface area contributed by atoms with E-state index in [4.69, 9.17) is 5.73 Å². The Labute approximate surface area is 110 Å². The van der Waals surface area contributed by atoms with Crippen LogP contribution in [0, 0.1) is 0 Å². The number of nitrogens with two attached hydrogens (primary N) is 1. The molecule has 1 aromatic heterocycles. The molecule has 0 saturated carbocycles. The van der Waals surface area contributed by atoms with Crippen LogP contribution in [-0.2, 0) is 0 Å². The molecule has 3 N–H and O–H groups in total. The highest BCUT2D eigenvalue weighted by Crippen LogP contribution is 2.22. The van der Waals surface area contributed by atoms with Crippen molar-refractivity contribution >= 4 is 29.2 Å². The van der Waals surface area contributed by atoms with Crippen LogP contribution in [-0.4, -0.2) is 17.1 Å². The van der Waals surface area contributed by atoms with Crippen molar-refractivity contribution in [1.29, 1.82) is 0 Å². The van der Waals surface area contributed by atoms with Gasteiger partial charge in [-0.05, 0) is 36.6 Å². The molecular formula is C13H13N3OS. The zero-order valence-electron chi connectivity index (χ0n) is 9.88. The summed E-state index contributed by atoms with van der Waals surface area (Å²) in [6.07, 6.45) is 3.63. The number of rotatable bonds is 4. The van der Waals surface area contributed by atoms with E-state index in [1.807, 2.05) is 30.5 Å². The lowest BCUT2D eigenvalue weighted by molar-refractivity contribution is 0.100. The molecule has 2 aromatic rings. The Bertz CT molecular complexity index is 572. The van der Waals surface area contributed by atoms with Crippen molar-refractivity contribution in [2.45, 2.75) is 4.90 Å². The third-order valence-corrected chi connectivity index (χ3v) is 3.13. The largest absolute Gasteiger partial charge is 0.365 e. The Morgan fingerprint density at radius 2 is 2.17 bits per heavy atom. The maximum Gasteiger partial charge on any atom is 0.252 e. The number of nitrogens with zero attached hydrogens (tertiary/aromatic N) is 1. The normalized spacial score (nSPS) is 10.1. The molecule has 1 aromatic carbocycles. The lowest BCUT2D eigenvalue weighted by Gasteiger charge is -2.09. The molecule has 0 spiro atoms. The van der Waals surface area contributed by atoms with Crippen LogP contribution in [0.4, 0.5) is 11.5 Å². The minimum Gasteiger partial charge on any atom is -0.365 e. The molecule has 2 rings (SSSR count). The molecule has 0 unspecified atom stereocenters. The van der Waals surface area contributed by atoms with Crippen LogP contribution in [0.25, 0.3) is 0 Å². The summed E-state index contributed by atoms with van der Waals surface area (Å²) in [5.74, 6) is -0.0186. The molecule has 5 heteroatoms. The lowest BCUT2D eigenvalue weighted by atomic mass is 10.2. The molecule has 1 amide bonds. The van der Waals surface area contributed by atoms with Crippen LogP contribution in [0.2, 0.25) is 0 Å². The topological polar surface area (TPSA) is 68.0 Å². The van der Waals surface area contributed by atoms with Gasteiger partial charge in [-0.3, -0.25) is 4.79 Å². The minimum absolute atomic E-state index is 0.382. The van der Waals surface area contributed by atoms with Crippen LogP contribution >= 0.6 is 11.8 Å². The molecule has 0 saturated heterocycles. The summed E-state index contributed by atoms with van der Waals surface area (Å²) in [5.41, 5.74) is 6.56. The number of hydrogen-bond acceptors (Lipinski definition) is 4. The van der Waals surface area contributed by atoms with Gasteiger partial charge >= 0.3 is 0 Å². The lowest BCUT2D eigenvalue weighted by Crippen LogP contribution is -2.14. The first-order valence-electron chi connectivity index (χ1n) is 5.36. The van der Waals surface area contributed by atoms with Crippen molar-refractivity contribution in [3.63, 3.8) is 0 Å². The predicted molar refractivity (Wildman–Crippen MR) is 74.3 cm³/mol. The maximum atomic E-state index is 11.3. The van der Waals surface area contributed by atoms with E-state index in [0.717, 1.165) is 10.6 Å².